The zero-order valence-electron chi connectivity index (χ0n) is 21.1. The second-order valence-electron chi connectivity index (χ2n) is 9.19. The van der Waals surface area contributed by atoms with Crippen molar-refractivity contribution in [3.05, 3.63) is 41.5 Å². The standard InChI is InChI=1S/C28H42N2O4/c1-4-5-6-7-8-9-10-11-12-15-18-29-27(32)25-19-24(28(33)30-21(2)3)22-16-13-14-17-23(22)26(25)34-20-31/h13-14,16-17,19,21,31H,4-12,15,18,20H2,1-3H3,(H,29,32)(H,30,33). The number of rotatable bonds is 16. The number of unbranched alkanes of at least 4 members (excludes halogenated alkanes) is 9. The summed E-state index contributed by atoms with van der Waals surface area (Å²) in [5.41, 5.74) is 0.674. The van der Waals surface area contributed by atoms with Crippen LogP contribution in [0.5, 0.6) is 5.75 Å². The molecule has 2 aromatic rings. The Morgan fingerprint density at radius 1 is 0.853 bits per heavy atom. The first-order valence-electron chi connectivity index (χ1n) is 12.9. The van der Waals surface area contributed by atoms with Gasteiger partial charge in [-0.2, -0.15) is 0 Å². The van der Waals surface area contributed by atoms with Gasteiger partial charge in [-0.05, 0) is 31.7 Å². The highest BCUT2D eigenvalue weighted by atomic mass is 16.6. The Bertz CT molecular complexity index is 911. The summed E-state index contributed by atoms with van der Waals surface area (Å²) >= 11 is 0. The number of benzene rings is 2. The highest BCUT2D eigenvalue weighted by molar-refractivity contribution is 6.13. The highest BCUT2D eigenvalue weighted by Crippen LogP contribution is 2.33. The Hall–Kier alpha value is -2.60. The number of hydrogen-bond donors (Lipinski definition) is 3. The van der Waals surface area contributed by atoms with Crippen LogP contribution in [-0.4, -0.2) is 36.3 Å². The topological polar surface area (TPSA) is 87.7 Å². The molecule has 6 heteroatoms. The third-order valence-corrected chi connectivity index (χ3v) is 5.93. The molecule has 2 aromatic carbocycles. The van der Waals surface area contributed by atoms with Crippen LogP contribution in [-0.2, 0) is 0 Å². The summed E-state index contributed by atoms with van der Waals surface area (Å²) < 4.78 is 5.46. The molecule has 34 heavy (non-hydrogen) atoms. The van der Waals surface area contributed by atoms with Gasteiger partial charge >= 0.3 is 0 Å². The number of fused-ring (bicyclic) bond motifs is 1. The van der Waals surface area contributed by atoms with Gasteiger partial charge in [0.2, 0.25) is 0 Å². The summed E-state index contributed by atoms with van der Waals surface area (Å²) in [6, 6.07) is 8.81. The van der Waals surface area contributed by atoms with Gasteiger partial charge in [-0.25, -0.2) is 0 Å². The molecule has 6 nitrogen and oxygen atoms in total. The Labute approximate surface area is 204 Å². The lowest BCUT2D eigenvalue weighted by atomic mass is 9.98. The fourth-order valence-electron chi connectivity index (χ4n) is 4.17. The van der Waals surface area contributed by atoms with Crippen molar-refractivity contribution in [1.82, 2.24) is 10.6 Å². The second kappa shape index (κ2) is 15.3. The molecule has 2 amide bonds. The first-order valence-corrected chi connectivity index (χ1v) is 12.9. The lowest BCUT2D eigenvalue weighted by Gasteiger charge is -2.17. The van der Waals surface area contributed by atoms with Crippen LogP contribution in [0.3, 0.4) is 0 Å². The SMILES string of the molecule is CCCCCCCCCCCCNC(=O)c1cc(C(=O)NC(C)C)c2ccccc2c1OCO. The predicted octanol–water partition coefficient (Wildman–Crippen LogP) is 5.96. The number of carbonyl (C=O) groups excluding carboxylic acids is 2. The van der Waals surface area contributed by atoms with E-state index >= 15 is 0 Å². The number of nitrogens with one attached hydrogen (secondary N) is 2. The molecule has 0 radical (unpaired) electrons. The molecule has 3 N–H and O–H groups in total. The van der Waals surface area contributed by atoms with Crippen LogP contribution in [0.1, 0.15) is 106 Å². The number of aliphatic hydroxyl groups is 1. The Morgan fingerprint density at radius 3 is 2.03 bits per heavy atom. The molecule has 0 spiro atoms. The van der Waals surface area contributed by atoms with Gasteiger partial charge < -0.3 is 20.5 Å². The third kappa shape index (κ3) is 8.64. The van der Waals surface area contributed by atoms with Gasteiger partial charge in [-0.1, -0.05) is 89.0 Å². The first-order chi connectivity index (χ1) is 16.5. The zero-order valence-corrected chi connectivity index (χ0v) is 21.1. The molecule has 0 saturated carbocycles. The minimum absolute atomic E-state index is 0.0340. The number of carbonyl (C=O) groups is 2. The summed E-state index contributed by atoms with van der Waals surface area (Å²) in [5, 5.41) is 16.6. The van der Waals surface area contributed by atoms with Crippen LogP contribution in [0.4, 0.5) is 0 Å². The van der Waals surface area contributed by atoms with Crippen molar-refractivity contribution < 1.29 is 19.4 Å². The van der Waals surface area contributed by atoms with Crippen LogP contribution >= 0.6 is 0 Å². The van der Waals surface area contributed by atoms with Gasteiger partial charge in [0.1, 0.15) is 5.75 Å². The average Bonchev–Trinajstić information content (AvgIpc) is 2.82. The maximum atomic E-state index is 13.0. The minimum Gasteiger partial charge on any atom is -0.466 e. The van der Waals surface area contributed by atoms with Crippen molar-refractivity contribution in [2.24, 2.45) is 0 Å². The Morgan fingerprint density at radius 2 is 1.44 bits per heavy atom. The number of hydrogen-bond acceptors (Lipinski definition) is 4. The van der Waals surface area contributed by atoms with Crippen LogP contribution in [0.2, 0.25) is 0 Å². The van der Waals surface area contributed by atoms with Gasteiger partial charge in [0, 0.05) is 23.5 Å². The van der Waals surface area contributed by atoms with E-state index in [9.17, 15) is 14.7 Å². The van der Waals surface area contributed by atoms with Crippen LogP contribution in [0.25, 0.3) is 10.8 Å². The van der Waals surface area contributed by atoms with Crippen LogP contribution in [0, 0.1) is 0 Å². The van der Waals surface area contributed by atoms with E-state index in [1.807, 2.05) is 32.0 Å². The van der Waals surface area contributed by atoms with Crippen molar-refractivity contribution in [3.63, 3.8) is 0 Å². The Balaban J connectivity index is 1.99. The largest absolute Gasteiger partial charge is 0.466 e. The first kappa shape index (κ1) is 27.6. The molecule has 0 aliphatic heterocycles. The number of aliphatic hydroxyl groups excluding tert-OH is 1. The molecule has 0 aliphatic carbocycles. The monoisotopic (exact) mass is 470 g/mol. The molecule has 0 aromatic heterocycles. The van der Waals surface area contributed by atoms with E-state index < -0.39 is 6.79 Å². The molecule has 0 heterocycles. The lowest BCUT2D eigenvalue weighted by Crippen LogP contribution is -2.31. The maximum absolute atomic E-state index is 13.0. The second-order valence-corrected chi connectivity index (χ2v) is 9.19. The molecule has 0 aliphatic rings. The van der Waals surface area contributed by atoms with Crippen molar-refractivity contribution in [2.75, 3.05) is 13.3 Å². The Kier molecular flexibility index (Phi) is 12.5. The molecule has 0 atom stereocenters. The predicted molar refractivity (Wildman–Crippen MR) is 138 cm³/mol. The normalized spacial score (nSPS) is 11.1. The van der Waals surface area contributed by atoms with Gasteiger partial charge in [0.15, 0.2) is 6.79 Å². The summed E-state index contributed by atoms with van der Waals surface area (Å²) in [7, 11) is 0. The van der Waals surface area contributed by atoms with Gasteiger partial charge in [-0.15, -0.1) is 0 Å². The van der Waals surface area contributed by atoms with E-state index in [1.54, 1.807) is 12.1 Å². The van der Waals surface area contributed by atoms with E-state index in [0.29, 0.717) is 28.6 Å². The summed E-state index contributed by atoms with van der Waals surface area (Å²) in [4.78, 5) is 25.9. The summed E-state index contributed by atoms with van der Waals surface area (Å²) in [6.07, 6.45) is 12.3. The zero-order chi connectivity index (χ0) is 24.8. The lowest BCUT2D eigenvalue weighted by molar-refractivity contribution is 0.0901. The van der Waals surface area contributed by atoms with Crippen molar-refractivity contribution in [3.8, 4) is 5.75 Å². The third-order valence-electron chi connectivity index (χ3n) is 5.93. The van der Waals surface area contributed by atoms with Gasteiger partial charge in [0.05, 0.1) is 5.56 Å². The van der Waals surface area contributed by atoms with E-state index in [0.717, 1.165) is 12.8 Å². The van der Waals surface area contributed by atoms with E-state index in [-0.39, 0.29) is 23.4 Å². The van der Waals surface area contributed by atoms with E-state index in [4.69, 9.17) is 4.74 Å². The molecule has 0 unspecified atom stereocenters. The number of ether oxygens (including phenoxy) is 1. The van der Waals surface area contributed by atoms with Crippen molar-refractivity contribution in [2.45, 2.75) is 91.0 Å². The van der Waals surface area contributed by atoms with Gasteiger partial charge in [0.25, 0.3) is 11.8 Å². The highest BCUT2D eigenvalue weighted by Gasteiger charge is 2.22. The van der Waals surface area contributed by atoms with Gasteiger partial charge in [-0.3, -0.25) is 9.59 Å². The minimum atomic E-state index is -0.555. The van der Waals surface area contributed by atoms with Crippen LogP contribution in [0.15, 0.2) is 30.3 Å². The van der Waals surface area contributed by atoms with E-state index in [2.05, 4.69) is 17.6 Å². The van der Waals surface area contributed by atoms with E-state index in [1.165, 1.54) is 51.4 Å². The fourth-order valence-corrected chi connectivity index (χ4v) is 4.17. The quantitative estimate of drug-likeness (QED) is 0.209. The number of amides is 2. The van der Waals surface area contributed by atoms with Crippen LogP contribution < -0.4 is 15.4 Å². The molecule has 188 valence electrons. The molecular formula is C28H42N2O4. The summed E-state index contributed by atoms with van der Waals surface area (Å²) in [5.74, 6) is -0.256. The molecule has 0 bridgehead atoms. The fraction of sp³-hybridized carbons (Fsp3) is 0.571. The smallest absolute Gasteiger partial charge is 0.255 e. The molecule has 2 rings (SSSR count). The van der Waals surface area contributed by atoms with Crippen molar-refractivity contribution in [1.29, 1.82) is 0 Å². The van der Waals surface area contributed by atoms with Crippen molar-refractivity contribution >= 4 is 22.6 Å². The molecule has 0 saturated heterocycles. The molecular weight excluding hydrogens is 428 g/mol. The molecule has 0 fully saturated rings. The maximum Gasteiger partial charge on any atom is 0.255 e. The average molecular weight is 471 g/mol. The summed E-state index contributed by atoms with van der Waals surface area (Å²) in [6.45, 7) is 6.03.